The Kier molecular flexibility index (Phi) is 7.12. The van der Waals surface area contributed by atoms with Gasteiger partial charge in [0.05, 0.1) is 25.1 Å². The number of H-pyrrole nitrogens is 1. The monoisotopic (exact) mass is 441 g/mol. The number of hydrogen-bond donors (Lipinski definition) is 1. The number of aromatic amines is 1. The maximum Gasteiger partial charge on any atom is 0.130 e. The molecule has 0 spiro atoms. The van der Waals surface area contributed by atoms with E-state index >= 15 is 0 Å². The number of ether oxygens (including phenoxy) is 3. The van der Waals surface area contributed by atoms with Crippen molar-refractivity contribution in [2.24, 2.45) is 0 Å². The Morgan fingerprint density at radius 2 is 2.03 bits per heavy atom. The number of likely N-dealkylation sites (tertiary alicyclic amines) is 1. The van der Waals surface area contributed by atoms with E-state index in [1.54, 1.807) is 14.2 Å². The molecule has 6 nitrogen and oxygen atoms in total. The van der Waals surface area contributed by atoms with Crippen molar-refractivity contribution in [3.05, 3.63) is 76.1 Å². The van der Waals surface area contributed by atoms with Crippen LogP contribution >= 0.6 is 11.6 Å². The summed E-state index contributed by atoms with van der Waals surface area (Å²) in [6.45, 7) is 3.90. The molecule has 1 saturated heterocycles. The number of methoxy groups -OCH3 is 2. The largest absolute Gasteiger partial charge is 0.496 e. The molecule has 0 radical (unpaired) electrons. The molecule has 1 aliphatic heterocycles. The van der Waals surface area contributed by atoms with Gasteiger partial charge in [-0.05, 0) is 54.9 Å². The Hall–Kier alpha value is -2.54. The van der Waals surface area contributed by atoms with Gasteiger partial charge in [0.1, 0.15) is 18.1 Å². The Morgan fingerprint density at radius 1 is 1.13 bits per heavy atom. The first kappa shape index (κ1) is 21.7. The van der Waals surface area contributed by atoms with Gasteiger partial charge >= 0.3 is 0 Å². The molecule has 0 saturated carbocycles. The summed E-state index contributed by atoms with van der Waals surface area (Å²) in [5.74, 6) is 2.08. The van der Waals surface area contributed by atoms with Crippen LogP contribution in [0.4, 0.5) is 0 Å². The highest BCUT2D eigenvalue weighted by Gasteiger charge is 2.26. The molecule has 1 aliphatic rings. The van der Waals surface area contributed by atoms with Crippen LogP contribution in [0.1, 0.15) is 34.9 Å². The molecular formula is C24H28ClN3O3. The number of nitrogens with one attached hydrogen (secondary N) is 1. The van der Waals surface area contributed by atoms with Crippen LogP contribution in [0, 0.1) is 0 Å². The van der Waals surface area contributed by atoms with Crippen LogP contribution in [0.2, 0.25) is 5.02 Å². The van der Waals surface area contributed by atoms with Crippen molar-refractivity contribution in [1.29, 1.82) is 0 Å². The zero-order valence-corrected chi connectivity index (χ0v) is 18.7. The lowest BCUT2D eigenvalue weighted by Gasteiger charge is -2.18. The first-order valence-electron chi connectivity index (χ1n) is 10.4. The molecule has 1 aromatic heterocycles. The molecule has 0 aliphatic carbocycles. The molecule has 31 heavy (non-hydrogen) atoms. The van der Waals surface area contributed by atoms with E-state index < -0.39 is 0 Å². The lowest BCUT2D eigenvalue weighted by atomic mass is 10.1. The average molecular weight is 442 g/mol. The summed E-state index contributed by atoms with van der Waals surface area (Å²) in [6.07, 6.45) is 1.08. The van der Waals surface area contributed by atoms with Crippen molar-refractivity contribution < 1.29 is 14.2 Å². The molecule has 2 aromatic carbocycles. The highest BCUT2D eigenvalue weighted by atomic mass is 35.5. The second-order valence-electron chi connectivity index (χ2n) is 7.86. The van der Waals surface area contributed by atoms with E-state index in [0.717, 1.165) is 54.5 Å². The second kappa shape index (κ2) is 10.2. The predicted octanol–water partition coefficient (Wildman–Crippen LogP) is 4.79. The molecule has 0 unspecified atom stereocenters. The Bertz CT molecular complexity index is 1010. The standard InChI is InChI=1S/C24H28ClN3O3/c1-29-15-17-6-7-24(30-2)19(10-17)14-28-9-8-18(13-28)23-12-21(26-27-23)16-31-22-5-3-4-20(25)11-22/h3-7,10-12,18H,8-9,13-16H2,1-2H3,(H,26,27)/t18-/m1/s1. The van der Waals surface area contributed by atoms with Crippen LogP contribution < -0.4 is 9.47 Å². The molecule has 0 amide bonds. The van der Waals surface area contributed by atoms with Crippen LogP contribution in [0.5, 0.6) is 11.5 Å². The first-order chi connectivity index (χ1) is 15.1. The molecule has 0 bridgehead atoms. The summed E-state index contributed by atoms with van der Waals surface area (Å²) >= 11 is 6.01. The summed E-state index contributed by atoms with van der Waals surface area (Å²) < 4.78 is 16.7. The van der Waals surface area contributed by atoms with Gasteiger partial charge in [0.25, 0.3) is 0 Å². The van der Waals surface area contributed by atoms with E-state index in [9.17, 15) is 0 Å². The molecule has 4 rings (SSSR count). The van der Waals surface area contributed by atoms with Gasteiger partial charge in [-0.2, -0.15) is 5.10 Å². The van der Waals surface area contributed by atoms with Gasteiger partial charge in [-0.3, -0.25) is 10.00 Å². The second-order valence-corrected chi connectivity index (χ2v) is 8.30. The smallest absolute Gasteiger partial charge is 0.130 e. The Balaban J connectivity index is 1.35. The number of halogens is 1. The minimum Gasteiger partial charge on any atom is -0.496 e. The zero-order chi connectivity index (χ0) is 21.6. The number of aromatic nitrogens is 2. The van der Waals surface area contributed by atoms with E-state index in [1.807, 2.05) is 30.3 Å². The number of hydrogen-bond acceptors (Lipinski definition) is 5. The van der Waals surface area contributed by atoms with Crippen LogP contribution in [-0.4, -0.2) is 42.4 Å². The fourth-order valence-electron chi connectivity index (χ4n) is 4.05. The van der Waals surface area contributed by atoms with Gasteiger partial charge in [-0.15, -0.1) is 0 Å². The van der Waals surface area contributed by atoms with Crippen molar-refractivity contribution in [3.63, 3.8) is 0 Å². The molecule has 164 valence electrons. The maximum atomic E-state index is 6.01. The first-order valence-corrected chi connectivity index (χ1v) is 10.8. The van der Waals surface area contributed by atoms with E-state index in [2.05, 4.69) is 33.3 Å². The number of rotatable bonds is 9. The number of nitrogens with zero attached hydrogens (tertiary/aromatic N) is 2. The minimum absolute atomic E-state index is 0.407. The fraction of sp³-hybridized carbons (Fsp3) is 0.375. The molecular weight excluding hydrogens is 414 g/mol. The SMILES string of the molecule is COCc1ccc(OC)c(CN2CC[C@@H](c3cc(COc4cccc(Cl)c4)[nH]n3)C2)c1. The van der Waals surface area contributed by atoms with Crippen LogP contribution in [0.25, 0.3) is 0 Å². The van der Waals surface area contributed by atoms with Crippen molar-refractivity contribution in [2.45, 2.75) is 32.1 Å². The third-order valence-corrected chi connectivity index (χ3v) is 5.82. The quantitative estimate of drug-likeness (QED) is 0.517. The van der Waals surface area contributed by atoms with Gasteiger partial charge in [0, 0.05) is 36.7 Å². The summed E-state index contributed by atoms with van der Waals surface area (Å²) in [6, 6.07) is 15.8. The van der Waals surface area contributed by atoms with Crippen LogP contribution in [-0.2, 0) is 24.5 Å². The van der Waals surface area contributed by atoms with Gasteiger partial charge in [0.15, 0.2) is 0 Å². The van der Waals surface area contributed by atoms with Crippen molar-refractivity contribution >= 4 is 11.6 Å². The highest BCUT2D eigenvalue weighted by Crippen LogP contribution is 2.30. The molecule has 2 heterocycles. The summed E-state index contributed by atoms with van der Waals surface area (Å²) in [5.41, 5.74) is 4.40. The maximum absolute atomic E-state index is 6.01. The van der Waals surface area contributed by atoms with Gasteiger partial charge in [-0.1, -0.05) is 23.7 Å². The highest BCUT2D eigenvalue weighted by molar-refractivity contribution is 6.30. The van der Waals surface area contributed by atoms with E-state index in [1.165, 1.54) is 5.56 Å². The van der Waals surface area contributed by atoms with E-state index in [4.69, 9.17) is 25.8 Å². The van der Waals surface area contributed by atoms with Crippen LogP contribution in [0.15, 0.2) is 48.5 Å². The van der Waals surface area contributed by atoms with Crippen molar-refractivity contribution in [3.8, 4) is 11.5 Å². The zero-order valence-electron chi connectivity index (χ0n) is 17.9. The van der Waals surface area contributed by atoms with Crippen molar-refractivity contribution in [1.82, 2.24) is 15.1 Å². The Labute approximate surface area is 188 Å². The molecule has 3 aromatic rings. The Morgan fingerprint density at radius 3 is 2.84 bits per heavy atom. The molecule has 1 atom stereocenters. The number of benzene rings is 2. The lowest BCUT2D eigenvalue weighted by Crippen LogP contribution is -2.20. The van der Waals surface area contributed by atoms with Gasteiger partial charge in [-0.25, -0.2) is 0 Å². The molecule has 7 heteroatoms. The predicted molar refractivity (Wildman–Crippen MR) is 121 cm³/mol. The summed E-state index contributed by atoms with van der Waals surface area (Å²) in [4.78, 5) is 2.45. The van der Waals surface area contributed by atoms with Gasteiger partial charge < -0.3 is 14.2 Å². The van der Waals surface area contributed by atoms with Crippen molar-refractivity contribution in [2.75, 3.05) is 27.3 Å². The third-order valence-electron chi connectivity index (χ3n) is 5.58. The summed E-state index contributed by atoms with van der Waals surface area (Å²) in [7, 11) is 3.44. The molecule has 1 fully saturated rings. The third kappa shape index (κ3) is 5.58. The van der Waals surface area contributed by atoms with Crippen LogP contribution in [0.3, 0.4) is 0 Å². The van der Waals surface area contributed by atoms with Gasteiger partial charge in [0.2, 0.25) is 0 Å². The topological polar surface area (TPSA) is 59.6 Å². The molecule has 1 N–H and O–H groups in total. The average Bonchev–Trinajstić information content (AvgIpc) is 3.42. The normalized spacial score (nSPS) is 16.5. The minimum atomic E-state index is 0.407. The van der Waals surface area contributed by atoms with E-state index in [0.29, 0.717) is 24.2 Å². The lowest BCUT2D eigenvalue weighted by molar-refractivity contribution is 0.184. The fourth-order valence-corrected chi connectivity index (χ4v) is 4.23. The summed E-state index contributed by atoms with van der Waals surface area (Å²) in [5, 5.41) is 8.32. The van der Waals surface area contributed by atoms with E-state index in [-0.39, 0.29) is 0 Å².